The van der Waals surface area contributed by atoms with E-state index in [4.69, 9.17) is 10.7 Å². The molecule has 3 N–H and O–H groups in total. The van der Waals surface area contributed by atoms with Gasteiger partial charge in [-0.05, 0) is 19.1 Å². The van der Waals surface area contributed by atoms with E-state index in [1.54, 1.807) is 11.9 Å². The summed E-state index contributed by atoms with van der Waals surface area (Å²) in [6.07, 6.45) is -1.40. The van der Waals surface area contributed by atoms with Crippen LogP contribution in [0.1, 0.15) is 23.6 Å². The molecule has 3 aromatic carbocycles. The topological polar surface area (TPSA) is 87.8 Å². The van der Waals surface area contributed by atoms with E-state index < -0.39 is 53.8 Å². The lowest BCUT2D eigenvalue weighted by atomic mass is 10.00. The van der Waals surface area contributed by atoms with Crippen LogP contribution in [-0.2, 0) is 16.0 Å². The molecule has 1 aliphatic heterocycles. The van der Waals surface area contributed by atoms with Crippen molar-refractivity contribution >= 4 is 23.1 Å². The number of nitrogens with two attached hydrogens (primary N) is 1. The average Bonchev–Trinajstić information content (AvgIpc) is 2.97. The number of amides is 1. The summed E-state index contributed by atoms with van der Waals surface area (Å²) in [5.74, 6) is -4.84. The van der Waals surface area contributed by atoms with Crippen LogP contribution in [0.2, 0.25) is 0 Å². The highest BCUT2D eigenvalue weighted by Crippen LogP contribution is 2.29. The predicted octanol–water partition coefficient (Wildman–Crippen LogP) is 3.36. The second kappa shape index (κ2) is 10.3. The zero-order valence-corrected chi connectivity index (χ0v) is 19.7. The number of benzodiazepines with no additional fused rings is 1. The average molecular weight is 495 g/mol. The van der Waals surface area contributed by atoms with Gasteiger partial charge in [-0.1, -0.05) is 48.5 Å². The van der Waals surface area contributed by atoms with Gasteiger partial charge in [0.1, 0.15) is 18.0 Å². The van der Waals surface area contributed by atoms with Crippen molar-refractivity contribution in [2.45, 2.75) is 31.6 Å². The molecule has 2 unspecified atom stereocenters. The Morgan fingerprint density at radius 1 is 1.00 bits per heavy atom. The van der Waals surface area contributed by atoms with Gasteiger partial charge >= 0.3 is 0 Å². The van der Waals surface area contributed by atoms with E-state index in [2.05, 4.69) is 5.32 Å². The van der Waals surface area contributed by atoms with Crippen molar-refractivity contribution in [3.05, 3.63) is 101 Å². The number of fused-ring (bicyclic) bond motifs is 1. The molecule has 3 atom stereocenters. The molecular formula is C27H25F3N4O2. The first-order valence-corrected chi connectivity index (χ1v) is 11.3. The summed E-state index contributed by atoms with van der Waals surface area (Å²) in [6.45, 7) is 1.48. The first-order chi connectivity index (χ1) is 17.2. The minimum absolute atomic E-state index is 0.322. The second-order valence-corrected chi connectivity index (χ2v) is 8.63. The molecule has 36 heavy (non-hydrogen) atoms. The molecule has 4 rings (SSSR count). The van der Waals surface area contributed by atoms with Gasteiger partial charge in [0, 0.05) is 35.5 Å². The van der Waals surface area contributed by atoms with Gasteiger partial charge in [-0.15, -0.1) is 0 Å². The number of benzene rings is 3. The van der Waals surface area contributed by atoms with E-state index in [0.29, 0.717) is 17.8 Å². The zero-order valence-electron chi connectivity index (χ0n) is 19.7. The number of anilines is 1. The Hall–Kier alpha value is -3.98. The Balaban J connectivity index is 1.60. The van der Waals surface area contributed by atoms with Crippen LogP contribution >= 0.6 is 0 Å². The third kappa shape index (κ3) is 5.01. The molecule has 0 aromatic heterocycles. The lowest BCUT2D eigenvalue weighted by Gasteiger charge is -2.30. The normalized spacial score (nSPS) is 18.1. The van der Waals surface area contributed by atoms with Gasteiger partial charge in [-0.3, -0.25) is 14.6 Å². The first kappa shape index (κ1) is 25.1. The van der Waals surface area contributed by atoms with Gasteiger partial charge in [0.05, 0.1) is 18.2 Å². The fraction of sp³-hybridized carbons (Fsp3) is 0.222. The second-order valence-electron chi connectivity index (χ2n) is 8.63. The minimum Gasteiger partial charge on any atom is -0.356 e. The SMILES string of the molecule is CC(NC(=O)Cc1cc(F)c(F)cc1F)C(=O)C1N=C(c2ccccc2)c2ccccc2N(C)[C@@H]1N. The number of nitrogens with one attached hydrogen (secondary N) is 1. The van der Waals surface area contributed by atoms with Crippen LogP contribution in [0.15, 0.2) is 71.7 Å². The maximum absolute atomic E-state index is 14.0. The lowest BCUT2D eigenvalue weighted by molar-refractivity contribution is -0.128. The fourth-order valence-corrected chi connectivity index (χ4v) is 4.19. The molecular weight excluding hydrogens is 469 g/mol. The summed E-state index contributed by atoms with van der Waals surface area (Å²) in [4.78, 5) is 32.5. The molecule has 0 aliphatic carbocycles. The molecule has 1 amide bonds. The van der Waals surface area contributed by atoms with Crippen LogP contribution in [0.4, 0.5) is 18.9 Å². The molecule has 6 nitrogen and oxygen atoms in total. The summed E-state index contributed by atoms with van der Waals surface area (Å²) < 4.78 is 40.6. The number of Topliss-reactive ketones (excluding diaryl/α,β-unsaturated/α-hetero) is 1. The van der Waals surface area contributed by atoms with E-state index >= 15 is 0 Å². The van der Waals surface area contributed by atoms with E-state index in [0.717, 1.165) is 16.8 Å². The Morgan fingerprint density at radius 3 is 2.36 bits per heavy atom. The number of carbonyl (C=O) groups is 2. The van der Waals surface area contributed by atoms with Crippen molar-refractivity contribution in [3.8, 4) is 0 Å². The molecule has 9 heteroatoms. The standard InChI is InChI=1S/C27H25F3N4O2/c1-15(32-23(35)13-17-12-20(29)21(30)14-19(17)28)26(36)25-27(31)34(2)22-11-7-6-10-18(22)24(33-25)16-8-4-3-5-9-16/h3-12,14-15,25,27H,13,31H2,1-2H3,(H,32,35)/t15?,25?,27-/m0/s1. The van der Waals surface area contributed by atoms with Crippen molar-refractivity contribution in [2.75, 3.05) is 11.9 Å². The summed E-state index contributed by atoms with van der Waals surface area (Å²) in [5, 5.41) is 2.50. The maximum Gasteiger partial charge on any atom is 0.225 e. The van der Waals surface area contributed by atoms with Gasteiger partial charge in [0.15, 0.2) is 17.4 Å². The van der Waals surface area contributed by atoms with Crippen LogP contribution in [-0.4, -0.2) is 42.7 Å². The third-order valence-electron chi connectivity index (χ3n) is 6.16. The van der Waals surface area contributed by atoms with Crippen molar-refractivity contribution in [1.82, 2.24) is 5.32 Å². The molecule has 1 aliphatic rings. The van der Waals surface area contributed by atoms with E-state index in [-0.39, 0.29) is 5.56 Å². The van der Waals surface area contributed by atoms with Crippen LogP contribution in [0.3, 0.4) is 0 Å². The number of carbonyl (C=O) groups excluding carboxylic acids is 2. The molecule has 186 valence electrons. The van der Waals surface area contributed by atoms with E-state index in [9.17, 15) is 22.8 Å². The lowest BCUT2D eigenvalue weighted by Crippen LogP contribution is -2.55. The van der Waals surface area contributed by atoms with Crippen molar-refractivity contribution < 1.29 is 22.8 Å². The van der Waals surface area contributed by atoms with Crippen LogP contribution in [0, 0.1) is 17.5 Å². The molecule has 0 saturated heterocycles. The number of likely N-dealkylation sites (N-methyl/N-ethyl adjacent to an activating group) is 1. The largest absolute Gasteiger partial charge is 0.356 e. The first-order valence-electron chi connectivity index (χ1n) is 11.3. The fourth-order valence-electron chi connectivity index (χ4n) is 4.19. The zero-order chi connectivity index (χ0) is 26.0. The summed E-state index contributed by atoms with van der Waals surface area (Å²) in [7, 11) is 1.77. The molecule has 0 saturated carbocycles. The molecule has 0 radical (unpaired) electrons. The number of hydrogen-bond donors (Lipinski definition) is 2. The Bertz CT molecular complexity index is 1330. The number of aliphatic imine (C=N–C) groups is 1. The third-order valence-corrected chi connectivity index (χ3v) is 6.16. The maximum atomic E-state index is 14.0. The highest BCUT2D eigenvalue weighted by atomic mass is 19.2. The van der Waals surface area contributed by atoms with Gasteiger partial charge in [-0.25, -0.2) is 13.2 Å². The van der Waals surface area contributed by atoms with Gasteiger partial charge < -0.3 is 16.0 Å². The van der Waals surface area contributed by atoms with Gasteiger partial charge in [0.2, 0.25) is 5.91 Å². The Kier molecular flexibility index (Phi) is 7.21. The number of nitrogens with zero attached hydrogens (tertiary/aromatic N) is 2. The molecule has 0 fully saturated rings. The number of hydrogen-bond acceptors (Lipinski definition) is 5. The van der Waals surface area contributed by atoms with E-state index in [1.807, 2.05) is 54.6 Å². The quantitative estimate of drug-likeness (QED) is 0.515. The van der Waals surface area contributed by atoms with Gasteiger partial charge in [-0.2, -0.15) is 0 Å². The van der Waals surface area contributed by atoms with Crippen LogP contribution in [0.25, 0.3) is 0 Å². The molecule has 3 aromatic rings. The highest BCUT2D eigenvalue weighted by Gasteiger charge is 2.36. The van der Waals surface area contributed by atoms with Crippen LogP contribution in [0.5, 0.6) is 0 Å². The Morgan fingerprint density at radius 2 is 1.64 bits per heavy atom. The smallest absolute Gasteiger partial charge is 0.225 e. The molecule has 1 heterocycles. The van der Waals surface area contributed by atoms with Crippen molar-refractivity contribution in [2.24, 2.45) is 10.7 Å². The van der Waals surface area contributed by atoms with E-state index in [1.165, 1.54) is 6.92 Å². The molecule has 0 spiro atoms. The molecule has 0 bridgehead atoms. The summed E-state index contributed by atoms with van der Waals surface area (Å²) >= 11 is 0. The monoisotopic (exact) mass is 494 g/mol. The predicted molar refractivity (Wildman–Crippen MR) is 131 cm³/mol. The summed E-state index contributed by atoms with van der Waals surface area (Å²) in [6, 6.07) is 15.9. The van der Waals surface area contributed by atoms with Crippen LogP contribution < -0.4 is 16.0 Å². The summed E-state index contributed by atoms with van der Waals surface area (Å²) in [5.41, 5.74) is 9.16. The number of para-hydroxylation sites is 1. The number of ketones is 1. The number of rotatable bonds is 6. The van der Waals surface area contributed by atoms with Crippen molar-refractivity contribution in [1.29, 1.82) is 0 Å². The number of halogens is 3. The van der Waals surface area contributed by atoms with Crippen molar-refractivity contribution in [3.63, 3.8) is 0 Å². The highest BCUT2D eigenvalue weighted by molar-refractivity contribution is 6.17. The minimum atomic E-state index is -1.35. The Labute approximate surface area is 206 Å². The van der Waals surface area contributed by atoms with Gasteiger partial charge in [0.25, 0.3) is 0 Å².